The van der Waals surface area contributed by atoms with E-state index in [4.69, 9.17) is 23.2 Å². The van der Waals surface area contributed by atoms with Gasteiger partial charge >= 0.3 is 0 Å². The third-order valence-electron chi connectivity index (χ3n) is 7.09. The van der Waals surface area contributed by atoms with Gasteiger partial charge in [-0.15, -0.1) is 0 Å². The van der Waals surface area contributed by atoms with Crippen LogP contribution in [0.15, 0.2) is 78.9 Å². The summed E-state index contributed by atoms with van der Waals surface area (Å²) in [4.78, 5) is 15.0. The Morgan fingerprint density at radius 3 is 2.33 bits per heavy atom. The van der Waals surface area contributed by atoms with Gasteiger partial charge in [-0.25, -0.2) is 0 Å². The summed E-state index contributed by atoms with van der Waals surface area (Å²) in [6.07, 6.45) is 5.24. The first kappa shape index (κ1) is 24.6. The largest absolute Gasteiger partial charge is 0.389 e. The minimum absolute atomic E-state index is 0.0575. The number of aromatic nitrogens is 1. The molecule has 6 heteroatoms. The Morgan fingerprint density at radius 1 is 0.972 bits per heavy atom. The minimum atomic E-state index is -0.782. The predicted octanol–water partition coefficient (Wildman–Crippen LogP) is 6.76. The van der Waals surface area contributed by atoms with Crippen molar-refractivity contribution < 1.29 is 9.90 Å². The van der Waals surface area contributed by atoms with Gasteiger partial charge in [0.2, 0.25) is 5.91 Å². The molecule has 1 amide bonds. The van der Waals surface area contributed by atoms with Crippen LogP contribution in [0.5, 0.6) is 0 Å². The lowest BCUT2D eigenvalue weighted by molar-refractivity contribution is -0.130. The molecule has 1 aliphatic rings. The molecule has 36 heavy (non-hydrogen) atoms. The Balaban J connectivity index is 1.38. The Labute approximate surface area is 221 Å². The molecule has 1 aromatic heterocycles. The van der Waals surface area contributed by atoms with E-state index in [0.29, 0.717) is 42.4 Å². The molecule has 1 fully saturated rings. The molecule has 5 rings (SSSR count). The van der Waals surface area contributed by atoms with Crippen molar-refractivity contribution in [1.82, 2.24) is 9.47 Å². The van der Waals surface area contributed by atoms with Crippen LogP contribution in [0.1, 0.15) is 24.0 Å². The van der Waals surface area contributed by atoms with E-state index in [1.807, 2.05) is 90.8 Å². The number of halogens is 2. The molecule has 0 spiro atoms. The van der Waals surface area contributed by atoms with Gasteiger partial charge in [0.15, 0.2) is 0 Å². The van der Waals surface area contributed by atoms with Crippen LogP contribution in [0.2, 0.25) is 10.0 Å². The third-order valence-corrected chi connectivity index (χ3v) is 7.58. The molecule has 0 bridgehead atoms. The lowest BCUT2D eigenvalue weighted by atomic mass is 9.85. The first-order valence-corrected chi connectivity index (χ1v) is 12.9. The molecule has 0 radical (unpaired) electrons. The van der Waals surface area contributed by atoms with Gasteiger partial charge in [0.25, 0.3) is 0 Å². The van der Waals surface area contributed by atoms with Crippen molar-refractivity contribution in [1.29, 1.82) is 0 Å². The smallest absolute Gasteiger partial charge is 0.246 e. The fourth-order valence-corrected chi connectivity index (χ4v) is 5.42. The van der Waals surface area contributed by atoms with E-state index in [9.17, 15) is 9.90 Å². The van der Waals surface area contributed by atoms with Crippen molar-refractivity contribution in [2.75, 3.05) is 13.1 Å². The fraction of sp³-hybridized carbons (Fsp3) is 0.233. The van der Waals surface area contributed by atoms with E-state index < -0.39 is 5.60 Å². The summed E-state index contributed by atoms with van der Waals surface area (Å²) in [5.41, 5.74) is 4.29. The highest BCUT2D eigenvalue weighted by Crippen LogP contribution is 2.36. The molecular formula is C30H28Cl2N2O2. The number of carbonyl (C=O) groups is 1. The van der Waals surface area contributed by atoms with Gasteiger partial charge in [-0.3, -0.25) is 4.79 Å². The van der Waals surface area contributed by atoms with E-state index in [1.54, 1.807) is 6.08 Å². The number of likely N-dealkylation sites (tertiary alicyclic amines) is 1. The van der Waals surface area contributed by atoms with Crippen LogP contribution < -0.4 is 0 Å². The molecule has 0 unspecified atom stereocenters. The van der Waals surface area contributed by atoms with Crippen LogP contribution >= 0.6 is 23.2 Å². The first-order chi connectivity index (χ1) is 17.3. The zero-order valence-corrected chi connectivity index (χ0v) is 21.6. The number of benzene rings is 3. The molecule has 4 nitrogen and oxygen atoms in total. The number of aryl methyl sites for hydroxylation is 1. The number of fused-ring (bicyclic) bond motifs is 1. The number of piperidine rings is 1. The SMILES string of the molecule is Cn1c(-c2ccc(Cl)cc2)c(/C=C\C(=O)N2CCC(O)(Cc3ccccc3)CC2)c2cc(Cl)ccc21. The van der Waals surface area contributed by atoms with E-state index >= 15 is 0 Å². The Kier molecular flexibility index (Phi) is 6.94. The van der Waals surface area contributed by atoms with E-state index in [2.05, 4.69) is 4.57 Å². The molecule has 1 N–H and O–H groups in total. The fourth-order valence-electron chi connectivity index (χ4n) is 5.13. The van der Waals surface area contributed by atoms with Crippen LogP contribution in [-0.2, 0) is 18.3 Å². The highest BCUT2D eigenvalue weighted by molar-refractivity contribution is 6.31. The van der Waals surface area contributed by atoms with Gasteiger partial charge < -0.3 is 14.6 Å². The molecule has 0 saturated carbocycles. The van der Waals surface area contributed by atoms with Crippen molar-refractivity contribution in [3.05, 3.63) is 100 Å². The molecule has 0 atom stereocenters. The van der Waals surface area contributed by atoms with E-state index in [0.717, 1.165) is 33.3 Å². The number of hydrogen-bond donors (Lipinski definition) is 1. The topological polar surface area (TPSA) is 45.5 Å². The number of amides is 1. The zero-order valence-electron chi connectivity index (χ0n) is 20.1. The zero-order chi connectivity index (χ0) is 25.3. The van der Waals surface area contributed by atoms with E-state index in [1.165, 1.54) is 0 Å². The number of nitrogens with zero attached hydrogens (tertiary/aromatic N) is 2. The molecule has 184 valence electrons. The van der Waals surface area contributed by atoms with Crippen LogP contribution in [0, 0.1) is 0 Å². The number of rotatable bonds is 5. The van der Waals surface area contributed by atoms with Crippen molar-refractivity contribution >= 4 is 46.1 Å². The summed E-state index contributed by atoms with van der Waals surface area (Å²) in [7, 11) is 2.01. The van der Waals surface area contributed by atoms with Gasteiger partial charge in [0, 0.05) is 59.1 Å². The highest BCUT2D eigenvalue weighted by Gasteiger charge is 2.33. The predicted molar refractivity (Wildman–Crippen MR) is 148 cm³/mol. The summed E-state index contributed by atoms with van der Waals surface area (Å²) >= 11 is 12.5. The molecule has 3 aromatic carbocycles. The summed E-state index contributed by atoms with van der Waals surface area (Å²) in [6.45, 7) is 1.05. The van der Waals surface area contributed by atoms with Crippen LogP contribution in [0.3, 0.4) is 0 Å². The summed E-state index contributed by atoms with van der Waals surface area (Å²) in [6, 6.07) is 23.5. The first-order valence-electron chi connectivity index (χ1n) is 12.1. The van der Waals surface area contributed by atoms with Gasteiger partial charge in [-0.1, -0.05) is 65.7 Å². The Morgan fingerprint density at radius 2 is 1.64 bits per heavy atom. The highest BCUT2D eigenvalue weighted by atomic mass is 35.5. The van der Waals surface area contributed by atoms with Crippen LogP contribution in [-0.4, -0.2) is 39.2 Å². The van der Waals surface area contributed by atoms with E-state index in [-0.39, 0.29) is 5.91 Å². The normalized spacial score (nSPS) is 15.6. The lowest BCUT2D eigenvalue weighted by Gasteiger charge is -2.38. The summed E-state index contributed by atoms with van der Waals surface area (Å²) in [5.74, 6) is -0.0575. The summed E-state index contributed by atoms with van der Waals surface area (Å²) < 4.78 is 2.11. The minimum Gasteiger partial charge on any atom is -0.389 e. The lowest BCUT2D eigenvalue weighted by Crippen LogP contribution is -2.47. The maximum absolute atomic E-state index is 13.2. The average Bonchev–Trinajstić information content (AvgIpc) is 3.14. The molecule has 0 aliphatic carbocycles. The monoisotopic (exact) mass is 518 g/mol. The van der Waals surface area contributed by atoms with Gasteiger partial charge in [-0.2, -0.15) is 0 Å². The van der Waals surface area contributed by atoms with Gasteiger partial charge in [-0.05, 0) is 60.4 Å². The number of carbonyl (C=O) groups excluding carboxylic acids is 1. The van der Waals surface area contributed by atoms with Crippen LogP contribution in [0.4, 0.5) is 0 Å². The standard InChI is InChI=1S/C30H28Cl2N2O2/c1-33-27-13-11-24(32)19-26(27)25(29(33)22-7-9-23(31)10-8-22)12-14-28(35)34-17-15-30(36,16-18-34)20-21-5-3-2-4-6-21/h2-14,19,36H,15-18,20H2,1H3/b14-12-. The van der Waals surface area contributed by atoms with Crippen LogP contribution in [0.25, 0.3) is 28.2 Å². The molecular weight excluding hydrogens is 491 g/mol. The van der Waals surface area contributed by atoms with Crippen molar-refractivity contribution in [2.24, 2.45) is 7.05 Å². The van der Waals surface area contributed by atoms with Crippen molar-refractivity contribution in [2.45, 2.75) is 24.9 Å². The second-order valence-corrected chi connectivity index (χ2v) is 10.4. The second-order valence-electron chi connectivity index (χ2n) is 9.53. The average molecular weight is 519 g/mol. The van der Waals surface area contributed by atoms with Crippen molar-refractivity contribution in [3.63, 3.8) is 0 Å². The maximum Gasteiger partial charge on any atom is 0.246 e. The molecule has 1 saturated heterocycles. The van der Waals surface area contributed by atoms with Gasteiger partial charge in [0.05, 0.1) is 11.3 Å². The van der Waals surface area contributed by atoms with Crippen molar-refractivity contribution in [3.8, 4) is 11.3 Å². The molecule has 4 aromatic rings. The summed E-state index contributed by atoms with van der Waals surface area (Å²) in [5, 5.41) is 13.4. The van der Waals surface area contributed by atoms with Gasteiger partial charge in [0.1, 0.15) is 0 Å². The quantitative estimate of drug-likeness (QED) is 0.296. The maximum atomic E-state index is 13.2. The Bertz CT molecular complexity index is 1420. The number of aliphatic hydroxyl groups is 1. The Hall–Kier alpha value is -3.05. The molecule has 1 aliphatic heterocycles. The number of hydrogen-bond acceptors (Lipinski definition) is 2. The molecule has 2 heterocycles. The second kappa shape index (κ2) is 10.1. The third kappa shape index (κ3) is 5.08.